The Bertz CT molecular complexity index is 705. The first-order valence-electron chi connectivity index (χ1n) is 7.44. The zero-order chi connectivity index (χ0) is 14.9. The largest absolute Gasteiger partial charge is 0.344 e. The van der Waals surface area contributed by atoms with Crippen molar-refractivity contribution >= 4 is 5.78 Å². The van der Waals surface area contributed by atoms with Gasteiger partial charge in [-0.1, -0.05) is 36.5 Å². The first kappa shape index (κ1) is 12.9. The summed E-state index contributed by atoms with van der Waals surface area (Å²) in [5, 5.41) is 0. The third kappa shape index (κ3) is 2.02. The fraction of sp³-hybridized carbons (Fsp3) is 0.105. The van der Waals surface area contributed by atoms with Crippen LogP contribution >= 0.6 is 0 Å². The molecule has 0 atom stereocenters. The van der Waals surface area contributed by atoms with Gasteiger partial charge in [-0.25, -0.2) is 0 Å². The Balaban J connectivity index is 1.79. The monoisotopic (exact) mass is 288 g/mol. The van der Waals surface area contributed by atoms with E-state index in [1.807, 2.05) is 73.2 Å². The molecule has 0 amide bonds. The highest BCUT2D eigenvalue weighted by Crippen LogP contribution is 2.29. The molecule has 0 fully saturated rings. The van der Waals surface area contributed by atoms with Crippen LogP contribution < -0.4 is 0 Å². The number of carbonyl (C=O) groups excluding carboxylic acids is 1. The Morgan fingerprint density at radius 1 is 0.727 bits per heavy atom. The number of allylic oxidation sites excluding steroid dienone is 10. The maximum Gasteiger partial charge on any atom is 0.197 e. The fourth-order valence-corrected chi connectivity index (χ4v) is 3.03. The normalized spacial score (nSPS) is 21.6. The van der Waals surface area contributed by atoms with E-state index in [-0.39, 0.29) is 5.78 Å². The molecule has 4 rings (SSSR count). The standard InChI is InChI=1S/C19H16N2O/c22-19(15-7-5-13-20-11-3-1-9-17(15)20)16-8-6-14-21-12-4-2-10-18(16)21/h1-12H,13-14H2. The van der Waals surface area contributed by atoms with E-state index in [9.17, 15) is 4.79 Å². The maximum atomic E-state index is 13.1. The van der Waals surface area contributed by atoms with E-state index in [1.165, 1.54) is 0 Å². The number of fused-ring (bicyclic) bond motifs is 2. The predicted molar refractivity (Wildman–Crippen MR) is 87.3 cm³/mol. The molecule has 108 valence electrons. The van der Waals surface area contributed by atoms with Gasteiger partial charge in [0.05, 0.1) is 11.4 Å². The minimum absolute atomic E-state index is 0.0757. The summed E-state index contributed by atoms with van der Waals surface area (Å²) in [6.07, 6.45) is 23.9. The van der Waals surface area contributed by atoms with Crippen LogP contribution in [-0.2, 0) is 4.79 Å². The summed E-state index contributed by atoms with van der Waals surface area (Å²) in [6.45, 7) is 1.62. The van der Waals surface area contributed by atoms with Crippen molar-refractivity contribution in [3.8, 4) is 0 Å². The number of carbonyl (C=O) groups is 1. The summed E-state index contributed by atoms with van der Waals surface area (Å²) in [4.78, 5) is 17.3. The van der Waals surface area contributed by atoms with Crippen LogP contribution in [0.5, 0.6) is 0 Å². The van der Waals surface area contributed by atoms with Gasteiger partial charge in [0, 0.05) is 36.6 Å². The van der Waals surface area contributed by atoms with Gasteiger partial charge in [-0.05, 0) is 24.3 Å². The quantitative estimate of drug-likeness (QED) is 0.780. The van der Waals surface area contributed by atoms with Crippen LogP contribution in [0.1, 0.15) is 0 Å². The molecule has 0 N–H and O–H groups in total. The van der Waals surface area contributed by atoms with Crippen LogP contribution in [0.4, 0.5) is 0 Å². The summed E-state index contributed by atoms with van der Waals surface area (Å²) in [5.74, 6) is 0.0757. The molecule has 4 aliphatic rings. The maximum absolute atomic E-state index is 13.1. The SMILES string of the molecule is O=C(C1=C2C=CC=CN2CC=C1)C1=C2C=CC=CN2CC=C1. The van der Waals surface area contributed by atoms with Crippen LogP contribution in [-0.4, -0.2) is 28.7 Å². The molecular weight excluding hydrogens is 272 g/mol. The first-order valence-corrected chi connectivity index (χ1v) is 7.44. The molecule has 0 aromatic rings. The Labute approximate surface area is 129 Å². The molecule has 0 aliphatic carbocycles. The molecule has 4 heterocycles. The van der Waals surface area contributed by atoms with Crippen LogP contribution in [0.3, 0.4) is 0 Å². The predicted octanol–water partition coefficient (Wildman–Crippen LogP) is 2.97. The van der Waals surface area contributed by atoms with Gasteiger partial charge in [0.25, 0.3) is 0 Å². The van der Waals surface area contributed by atoms with E-state index in [4.69, 9.17) is 0 Å². The van der Waals surface area contributed by atoms with Crippen molar-refractivity contribution in [3.63, 3.8) is 0 Å². The van der Waals surface area contributed by atoms with Gasteiger partial charge in [0.1, 0.15) is 0 Å². The molecule has 0 bridgehead atoms. The van der Waals surface area contributed by atoms with E-state index in [1.54, 1.807) is 0 Å². The number of Topliss-reactive ketones (excluding diaryl/α,β-unsaturated/α-hetero) is 1. The molecular formula is C19H16N2O. The van der Waals surface area contributed by atoms with E-state index in [0.29, 0.717) is 0 Å². The molecule has 0 unspecified atom stereocenters. The fourth-order valence-electron chi connectivity index (χ4n) is 3.03. The highest BCUT2D eigenvalue weighted by Gasteiger charge is 2.25. The van der Waals surface area contributed by atoms with Gasteiger partial charge in [-0.15, -0.1) is 0 Å². The Morgan fingerprint density at radius 2 is 1.23 bits per heavy atom. The molecule has 0 radical (unpaired) electrons. The zero-order valence-corrected chi connectivity index (χ0v) is 12.1. The van der Waals surface area contributed by atoms with Gasteiger partial charge in [0.15, 0.2) is 5.78 Å². The minimum Gasteiger partial charge on any atom is -0.344 e. The third-order valence-electron chi connectivity index (χ3n) is 4.10. The number of hydrogen-bond donors (Lipinski definition) is 0. The van der Waals surface area contributed by atoms with Gasteiger partial charge in [0.2, 0.25) is 0 Å². The van der Waals surface area contributed by atoms with Crippen molar-refractivity contribution in [1.82, 2.24) is 9.80 Å². The van der Waals surface area contributed by atoms with Crippen molar-refractivity contribution in [1.29, 1.82) is 0 Å². The van der Waals surface area contributed by atoms with Crippen molar-refractivity contribution in [2.75, 3.05) is 13.1 Å². The average Bonchev–Trinajstić information content (AvgIpc) is 2.60. The van der Waals surface area contributed by atoms with Crippen LogP contribution in [0.2, 0.25) is 0 Å². The highest BCUT2D eigenvalue weighted by atomic mass is 16.1. The van der Waals surface area contributed by atoms with Crippen molar-refractivity contribution in [2.24, 2.45) is 0 Å². The Morgan fingerprint density at radius 3 is 1.73 bits per heavy atom. The lowest BCUT2D eigenvalue weighted by atomic mass is 9.93. The van der Waals surface area contributed by atoms with E-state index in [0.717, 1.165) is 35.6 Å². The van der Waals surface area contributed by atoms with Gasteiger partial charge in [-0.3, -0.25) is 4.79 Å². The Kier molecular flexibility index (Phi) is 3.04. The summed E-state index contributed by atoms with van der Waals surface area (Å²) in [5.41, 5.74) is 3.46. The lowest BCUT2D eigenvalue weighted by Crippen LogP contribution is -2.27. The van der Waals surface area contributed by atoms with E-state index >= 15 is 0 Å². The van der Waals surface area contributed by atoms with Gasteiger partial charge < -0.3 is 9.80 Å². The Hall–Kier alpha value is -2.81. The summed E-state index contributed by atoms with van der Waals surface area (Å²) >= 11 is 0. The van der Waals surface area contributed by atoms with Gasteiger partial charge in [-0.2, -0.15) is 0 Å². The molecule has 4 aliphatic heterocycles. The molecule has 0 saturated carbocycles. The summed E-state index contributed by atoms with van der Waals surface area (Å²) in [7, 11) is 0. The second-order valence-corrected chi connectivity index (χ2v) is 5.44. The van der Waals surface area contributed by atoms with Crippen LogP contribution in [0.25, 0.3) is 0 Å². The molecule has 0 aromatic carbocycles. The third-order valence-corrected chi connectivity index (χ3v) is 4.10. The summed E-state index contributed by atoms with van der Waals surface area (Å²) < 4.78 is 0. The second-order valence-electron chi connectivity index (χ2n) is 5.44. The van der Waals surface area contributed by atoms with Crippen molar-refractivity contribution in [2.45, 2.75) is 0 Å². The zero-order valence-electron chi connectivity index (χ0n) is 12.1. The van der Waals surface area contributed by atoms with Crippen LogP contribution in [0, 0.1) is 0 Å². The van der Waals surface area contributed by atoms with E-state index in [2.05, 4.69) is 9.80 Å². The molecule has 22 heavy (non-hydrogen) atoms. The van der Waals surface area contributed by atoms with Gasteiger partial charge >= 0.3 is 0 Å². The second kappa shape index (κ2) is 5.19. The number of rotatable bonds is 2. The smallest absolute Gasteiger partial charge is 0.197 e. The highest BCUT2D eigenvalue weighted by molar-refractivity contribution is 6.13. The molecule has 0 spiro atoms. The lowest BCUT2D eigenvalue weighted by Gasteiger charge is -2.30. The number of nitrogens with zero attached hydrogens (tertiary/aromatic N) is 2. The molecule has 3 nitrogen and oxygen atoms in total. The van der Waals surface area contributed by atoms with Crippen molar-refractivity contribution in [3.05, 3.63) is 95.7 Å². The number of ketones is 1. The topological polar surface area (TPSA) is 23.6 Å². The lowest BCUT2D eigenvalue weighted by molar-refractivity contribution is -0.111. The number of hydrogen-bond acceptors (Lipinski definition) is 3. The first-order chi connectivity index (χ1) is 10.8. The average molecular weight is 288 g/mol. The molecule has 0 saturated heterocycles. The van der Waals surface area contributed by atoms with E-state index < -0.39 is 0 Å². The van der Waals surface area contributed by atoms with Crippen LogP contribution in [0.15, 0.2) is 95.7 Å². The minimum atomic E-state index is 0.0757. The molecule has 3 heteroatoms. The summed E-state index contributed by atoms with van der Waals surface area (Å²) in [6, 6.07) is 0. The van der Waals surface area contributed by atoms with Crippen molar-refractivity contribution < 1.29 is 4.79 Å². The molecule has 0 aromatic heterocycles.